The monoisotopic (exact) mass is 370 g/mol. The summed E-state index contributed by atoms with van der Waals surface area (Å²) in [7, 11) is -0.807. The van der Waals surface area contributed by atoms with Crippen molar-refractivity contribution in [2.24, 2.45) is 0 Å². The zero-order valence-corrected chi connectivity index (χ0v) is 18.1. The van der Waals surface area contributed by atoms with Crippen molar-refractivity contribution in [1.29, 1.82) is 0 Å². The van der Waals surface area contributed by atoms with Crippen LogP contribution in [0.4, 0.5) is 0 Å². The molecular weight excluding hydrogens is 331 g/mol. The van der Waals surface area contributed by atoms with Gasteiger partial charge in [-0.05, 0) is 24.8 Å². The van der Waals surface area contributed by atoms with Gasteiger partial charge in [-0.3, -0.25) is 0 Å². The van der Waals surface area contributed by atoms with Gasteiger partial charge in [-0.2, -0.15) is 0 Å². The SMILES string of the molecule is CCCCC[P+](CCCCC)(CCCCC)Cc1ccccc1.[Cl-]. The lowest BCUT2D eigenvalue weighted by atomic mass is 10.2. The molecule has 0 aliphatic carbocycles. The van der Waals surface area contributed by atoms with Crippen LogP contribution < -0.4 is 12.4 Å². The summed E-state index contributed by atoms with van der Waals surface area (Å²) in [6.45, 7) is 7.02. The molecule has 0 aliphatic rings. The van der Waals surface area contributed by atoms with Crippen molar-refractivity contribution < 1.29 is 12.4 Å². The minimum atomic E-state index is -0.807. The van der Waals surface area contributed by atoms with Gasteiger partial charge in [0.15, 0.2) is 0 Å². The van der Waals surface area contributed by atoms with Gasteiger partial charge < -0.3 is 12.4 Å². The van der Waals surface area contributed by atoms with E-state index in [1.54, 1.807) is 24.0 Å². The molecule has 0 bridgehead atoms. The van der Waals surface area contributed by atoms with E-state index in [2.05, 4.69) is 51.1 Å². The van der Waals surface area contributed by atoms with Crippen LogP contribution in [0.2, 0.25) is 0 Å². The van der Waals surface area contributed by atoms with E-state index in [1.807, 2.05) is 0 Å². The van der Waals surface area contributed by atoms with Crippen LogP contribution in [0.1, 0.15) is 84.1 Å². The average Bonchev–Trinajstić information content (AvgIpc) is 2.56. The average molecular weight is 371 g/mol. The van der Waals surface area contributed by atoms with Gasteiger partial charge in [0, 0.05) is 7.26 Å². The van der Waals surface area contributed by atoms with E-state index in [0.29, 0.717) is 0 Å². The maximum atomic E-state index is 2.37. The Labute approximate surface area is 159 Å². The molecule has 0 aromatic heterocycles. The van der Waals surface area contributed by atoms with Crippen LogP contribution >= 0.6 is 7.26 Å². The molecule has 0 nitrogen and oxygen atoms in total. The predicted molar refractivity (Wildman–Crippen MR) is 110 cm³/mol. The number of benzene rings is 1. The van der Waals surface area contributed by atoms with Gasteiger partial charge in [-0.15, -0.1) is 0 Å². The summed E-state index contributed by atoms with van der Waals surface area (Å²) in [5, 5.41) is 0. The van der Waals surface area contributed by atoms with Crippen molar-refractivity contribution in [3.63, 3.8) is 0 Å². The predicted octanol–water partition coefficient (Wildman–Crippen LogP) is 4.78. The molecule has 0 amide bonds. The molecule has 1 aromatic carbocycles. The highest BCUT2D eigenvalue weighted by atomic mass is 35.5. The van der Waals surface area contributed by atoms with Crippen LogP contribution in [0.15, 0.2) is 30.3 Å². The molecule has 0 unspecified atom stereocenters. The summed E-state index contributed by atoms with van der Waals surface area (Å²) >= 11 is 0. The van der Waals surface area contributed by atoms with E-state index >= 15 is 0 Å². The number of halogens is 1. The molecule has 140 valence electrons. The zero-order chi connectivity index (χ0) is 16.8. The molecule has 2 heteroatoms. The van der Waals surface area contributed by atoms with E-state index < -0.39 is 7.26 Å². The van der Waals surface area contributed by atoms with E-state index in [1.165, 1.54) is 63.9 Å². The van der Waals surface area contributed by atoms with Gasteiger partial charge in [0.2, 0.25) is 0 Å². The number of rotatable bonds is 14. The van der Waals surface area contributed by atoms with Crippen molar-refractivity contribution in [2.45, 2.75) is 84.7 Å². The van der Waals surface area contributed by atoms with E-state index in [0.717, 1.165) is 0 Å². The Balaban J connectivity index is 0.00000529. The topological polar surface area (TPSA) is 0 Å². The molecule has 1 aromatic rings. The molecule has 0 heterocycles. The normalized spacial score (nSPS) is 11.3. The van der Waals surface area contributed by atoms with Crippen molar-refractivity contribution in [3.8, 4) is 0 Å². The Kier molecular flexibility index (Phi) is 15.2. The molecule has 0 fully saturated rings. The van der Waals surface area contributed by atoms with Crippen molar-refractivity contribution in [1.82, 2.24) is 0 Å². The van der Waals surface area contributed by atoms with Gasteiger partial charge in [-0.25, -0.2) is 0 Å². The minimum Gasteiger partial charge on any atom is -1.00 e. The summed E-state index contributed by atoms with van der Waals surface area (Å²) in [6, 6.07) is 11.4. The lowest BCUT2D eigenvalue weighted by molar-refractivity contribution is -0.00000520. The first kappa shape index (κ1) is 23.9. The molecule has 0 radical (unpaired) electrons. The van der Waals surface area contributed by atoms with Crippen LogP contribution in [0.3, 0.4) is 0 Å². The maximum Gasteiger partial charge on any atom is 0.0842 e. The van der Waals surface area contributed by atoms with Crippen LogP contribution in [-0.2, 0) is 6.16 Å². The van der Waals surface area contributed by atoms with Gasteiger partial charge in [0.05, 0.1) is 24.6 Å². The fourth-order valence-corrected chi connectivity index (χ4v) is 8.45. The first-order valence-corrected chi connectivity index (χ1v) is 12.7. The first-order chi connectivity index (χ1) is 11.3. The Bertz CT molecular complexity index is 350. The van der Waals surface area contributed by atoms with E-state index in [-0.39, 0.29) is 12.4 Å². The molecule has 24 heavy (non-hydrogen) atoms. The van der Waals surface area contributed by atoms with Crippen molar-refractivity contribution in [2.75, 3.05) is 18.5 Å². The Hall–Kier alpha value is -0.0600. The van der Waals surface area contributed by atoms with Gasteiger partial charge in [0.1, 0.15) is 0 Å². The highest BCUT2D eigenvalue weighted by Gasteiger charge is 2.35. The highest BCUT2D eigenvalue weighted by molar-refractivity contribution is 7.75. The Morgan fingerprint density at radius 2 is 1.04 bits per heavy atom. The number of hydrogen-bond donors (Lipinski definition) is 0. The quantitative estimate of drug-likeness (QED) is 0.326. The molecule has 0 aliphatic heterocycles. The molecule has 0 saturated heterocycles. The van der Waals surface area contributed by atoms with Crippen LogP contribution in [-0.4, -0.2) is 18.5 Å². The summed E-state index contributed by atoms with van der Waals surface area (Å²) in [4.78, 5) is 0. The molecule has 0 atom stereocenters. The molecule has 1 rings (SSSR count). The first-order valence-electron chi connectivity index (χ1n) is 10.2. The second kappa shape index (κ2) is 15.2. The second-order valence-electron chi connectivity index (χ2n) is 7.28. The summed E-state index contributed by atoms with van der Waals surface area (Å²) in [6.07, 6.45) is 18.8. The smallest absolute Gasteiger partial charge is 0.0842 e. The zero-order valence-electron chi connectivity index (χ0n) is 16.4. The third-order valence-corrected chi connectivity index (χ3v) is 9.90. The van der Waals surface area contributed by atoms with Gasteiger partial charge in [-0.1, -0.05) is 89.6 Å². The second-order valence-corrected chi connectivity index (χ2v) is 11.6. The van der Waals surface area contributed by atoms with Crippen LogP contribution in [0.25, 0.3) is 0 Å². The molecule has 0 N–H and O–H groups in total. The molecule has 0 saturated carbocycles. The summed E-state index contributed by atoms with van der Waals surface area (Å²) in [5.41, 5.74) is 1.60. The third kappa shape index (κ3) is 10.0. The van der Waals surface area contributed by atoms with E-state index in [4.69, 9.17) is 0 Å². The van der Waals surface area contributed by atoms with Crippen LogP contribution in [0.5, 0.6) is 0 Å². The summed E-state index contributed by atoms with van der Waals surface area (Å²) in [5.74, 6) is 0. The summed E-state index contributed by atoms with van der Waals surface area (Å²) < 4.78 is 0. The third-order valence-electron chi connectivity index (χ3n) is 5.07. The lowest BCUT2D eigenvalue weighted by Gasteiger charge is -2.28. The Morgan fingerprint density at radius 3 is 1.42 bits per heavy atom. The fourth-order valence-electron chi connectivity index (χ4n) is 3.63. The fraction of sp³-hybridized carbons (Fsp3) is 0.727. The van der Waals surface area contributed by atoms with Crippen LogP contribution in [0, 0.1) is 0 Å². The Morgan fingerprint density at radius 1 is 0.625 bits per heavy atom. The minimum absolute atomic E-state index is 0. The number of hydrogen-bond acceptors (Lipinski definition) is 0. The van der Waals surface area contributed by atoms with Gasteiger partial charge in [0.25, 0.3) is 0 Å². The van der Waals surface area contributed by atoms with Crippen molar-refractivity contribution >= 4 is 7.26 Å². The van der Waals surface area contributed by atoms with Gasteiger partial charge >= 0.3 is 0 Å². The standard InChI is InChI=1S/C22H40P.ClH/c1-4-7-13-18-23(19-14-8-5-2,20-15-9-6-3)21-22-16-11-10-12-17-22;/h10-12,16-17H,4-9,13-15,18-21H2,1-3H3;1H/q+1;/p-1. The maximum absolute atomic E-state index is 2.37. The molecular formula is C22H40ClP. The largest absolute Gasteiger partial charge is 1.00 e. The molecule has 0 spiro atoms. The highest BCUT2D eigenvalue weighted by Crippen LogP contribution is 2.63. The number of unbranched alkanes of at least 4 members (excludes halogenated alkanes) is 6. The van der Waals surface area contributed by atoms with Crippen molar-refractivity contribution in [3.05, 3.63) is 35.9 Å². The lowest BCUT2D eigenvalue weighted by Crippen LogP contribution is -3.00. The van der Waals surface area contributed by atoms with E-state index in [9.17, 15) is 0 Å².